The predicted octanol–water partition coefficient (Wildman–Crippen LogP) is 2.33. The molecule has 18 heavy (non-hydrogen) atoms. The molecular formula is C14H18N2O2. The van der Waals surface area contributed by atoms with Gasteiger partial charge in [0.1, 0.15) is 0 Å². The monoisotopic (exact) mass is 246 g/mol. The maximum atomic E-state index is 11.6. The minimum Gasteiger partial charge on any atom is -0.326 e. The topological polar surface area (TPSA) is 49.4 Å². The van der Waals surface area contributed by atoms with Crippen LogP contribution >= 0.6 is 0 Å². The van der Waals surface area contributed by atoms with Gasteiger partial charge in [-0.05, 0) is 30.5 Å². The maximum absolute atomic E-state index is 11.6. The van der Waals surface area contributed by atoms with Gasteiger partial charge in [-0.15, -0.1) is 0 Å². The second kappa shape index (κ2) is 5.21. The summed E-state index contributed by atoms with van der Waals surface area (Å²) in [5.41, 5.74) is 2.86. The van der Waals surface area contributed by atoms with Crippen LogP contribution in [-0.4, -0.2) is 18.4 Å². The molecule has 1 aromatic carbocycles. The second-order valence-corrected chi connectivity index (χ2v) is 4.52. The molecule has 1 N–H and O–H groups in total. The van der Waals surface area contributed by atoms with Crippen molar-refractivity contribution < 1.29 is 9.59 Å². The summed E-state index contributed by atoms with van der Waals surface area (Å²) in [5.74, 6) is 0.0371. The normalized spacial score (nSPS) is 14.0. The Balaban J connectivity index is 2.30. The fourth-order valence-electron chi connectivity index (χ4n) is 2.23. The highest BCUT2D eigenvalue weighted by atomic mass is 16.2. The van der Waals surface area contributed by atoms with Gasteiger partial charge in [0.25, 0.3) is 0 Å². The van der Waals surface area contributed by atoms with Crippen LogP contribution in [0.25, 0.3) is 0 Å². The van der Waals surface area contributed by atoms with Crippen molar-refractivity contribution in [1.29, 1.82) is 0 Å². The highest BCUT2D eigenvalue weighted by Gasteiger charge is 2.20. The number of carbonyl (C=O) groups excluding carboxylic acids is 2. The van der Waals surface area contributed by atoms with Gasteiger partial charge < -0.3 is 10.2 Å². The molecule has 0 aliphatic carbocycles. The summed E-state index contributed by atoms with van der Waals surface area (Å²) in [5, 5.41) is 2.82. The molecule has 1 heterocycles. The average Bonchev–Trinajstić information content (AvgIpc) is 2.37. The number of amides is 2. The van der Waals surface area contributed by atoms with E-state index >= 15 is 0 Å². The lowest BCUT2D eigenvalue weighted by Gasteiger charge is -2.29. The summed E-state index contributed by atoms with van der Waals surface area (Å²) in [4.78, 5) is 24.7. The van der Waals surface area contributed by atoms with E-state index in [4.69, 9.17) is 0 Å². The van der Waals surface area contributed by atoms with E-state index in [2.05, 4.69) is 5.32 Å². The molecule has 2 amide bonds. The summed E-state index contributed by atoms with van der Waals surface area (Å²) < 4.78 is 0. The van der Waals surface area contributed by atoms with Crippen molar-refractivity contribution in [2.75, 3.05) is 16.8 Å². The zero-order chi connectivity index (χ0) is 13.1. The maximum Gasteiger partial charge on any atom is 0.224 e. The van der Waals surface area contributed by atoms with E-state index in [9.17, 15) is 9.59 Å². The molecule has 1 aliphatic heterocycles. The smallest absolute Gasteiger partial charge is 0.224 e. The van der Waals surface area contributed by atoms with Crippen LogP contribution in [0.4, 0.5) is 11.4 Å². The van der Waals surface area contributed by atoms with Gasteiger partial charge in [-0.25, -0.2) is 0 Å². The van der Waals surface area contributed by atoms with Crippen molar-refractivity contribution in [3.05, 3.63) is 23.8 Å². The summed E-state index contributed by atoms with van der Waals surface area (Å²) in [6, 6.07) is 5.79. The first kappa shape index (κ1) is 12.6. The summed E-state index contributed by atoms with van der Waals surface area (Å²) in [6.07, 6.45) is 2.43. The molecule has 0 fully saturated rings. The zero-order valence-corrected chi connectivity index (χ0v) is 10.8. The summed E-state index contributed by atoms with van der Waals surface area (Å²) in [7, 11) is 0. The minimum absolute atomic E-state index is 0.0138. The Morgan fingerprint density at radius 3 is 2.83 bits per heavy atom. The van der Waals surface area contributed by atoms with E-state index in [0.717, 1.165) is 30.8 Å². The lowest BCUT2D eigenvalue weighted by atomic mass is 10.0. The van der Waals surface area contributed by atoms with Crippen molar-refractivity contribution in [3.8, 4) is 0 Å². The fourth-order valence-corrected chi connectivity index (χ4v) is 2.23. The van der Waals surface area contributed by atoms with E-state index in [1.54, 1.807) is 11.8 Å². The predicted molar refractivity (Wildman–Crippen MR) is 71.7 cm³/mol. The van der Waals surface area contributed by atoms with Crippen molar-refractivity contribution >= 4 is 23.2 Å². The standard InChI is InChI=1S/C14H18N2O2/c1-3-14(18)15-12-7-6-11-5-4-8-16(10(2)17)13(11)9-12/h6-7,9H,3-5,8H2,1-2H3,(H,15,18). The molecule has 4 nitrogen and oxygen atoms in total. The molecule has 1 aromatic rings. The highest BCUT2D eigenvalue weighted by molar-refractivity contribution is 5.95. The zero-order valence-electron chi connectivity index (χ0n) is 10.8. The molecule has 0 radical (unpaired) electrons. The van der Waals surface area contributed by atoms with E-state index in [-0.39, 0.29) is 11.8 Å². The van der Waals surface area contributed by atoms with Crippen molar-refractivity contribution in [2.45, 2.75) is 33.1 Å². The number of aryl methyl sites for hydroxylation is 1. The Bertz CT molecular complexity index is 483. The van der Waals surface area contributed by atoms with E-state index in [0.29, 0.717) is 6.42 Å². The Hall–Kier alpha value is -1.84. The van der Waals surface area contributed by atoms with Gasteiger partial charge in [-0.2, -0.15) is 0 Å². The Morgan fingerprint density at radius 2 is 2.17 bits per heavy atom. The Labute approximate surface area is 107 Å². The number of hydrogen-bond donors (Lipinski definition) is 1. The van der Waals surface area contributed by atoms with Crippen molar-refractivity contribution in [2.24, 2.45) is 0 Å². The molecule has 0 unspecified atom stereocenters. The minimum atomic E-state index is -0.0138. The first-order valence-electron chi connectivity index (χ1n) is 6.32. The number of anilines is 2. The van der Waals surface area contributed by atoms with E-state index < -0.39 is 0 Å². The second-order valence-electron chi connectivity index (χ2n) is 4.52. The van der Waals surface area contributed by atoms with Crippen LogP contribution in [-0.2, 0) is 16.0 Å². The number of nitrogens with zero attached hydrogens (tertiary/aromatic N) is 1. The van der Waals surface area contributed by atoms with Gasteiger partial charge in [0.05, 0.1) is 0 Å². The molecule has 2 rings (SSSR count). The molecule has 0 bridgehead atoms. The third-order valence-electron chi connectivity index (χ3n) is 3.19. The lowest BCUT2D eigenvalue weighted by molar-refractivity contribution is -0.117. The number of rotatable bonds is 2. The number of hydrogen-bond acceptors (Lipinski definition) is 2. The highest BCUT2D eigenvalue weighted by Crippen LogP contribution is 2.30. The van der Waals surface area contributed by atoms with Crippen LogP contribution in [0.2, 0.25) is 0 Å². The van der Waals surface area contributed by atoms with Crippen molar-refractivity contribution in [3.63, 3.8) is 0 Å². The molecule has 96 valence electrons. The summed E-state index contributed by atoms with van der Waals surface area (Å²) in [6.45, 7) is 4.15. The third kappa shape index (κ3) is 2.53. The molecule has 0 atom stereocenters. The first-order valence-corrected chi connectivity index (χ1v) is 6.32. The lowest BCUT2D eigenvalue weighted by Crippen LogP contribution is -2.33. The van der Waals surface area contributed by atoms with Crippen LogP contribution in [0.1, 0.15) is 32.3 Å². The van der Waals surface area contributed by atoms with Gasteiger partial charge >= 0.3 is 0 Å². The van der Waals surface area contributed by atoms with Gasteiger partial charge in [0.15, 0.2) is 0 Å². The largest absolute Gasteiger partial charge is 0.326 e. The Morgan fingerprint density at radius 1 is 1.39 bits per heavy atom. The van der Waals surface area contributed by atoms with Gasteiger partial charge in [-0.1, -0.05) is 13.0 Å². The van der Waals surface area contributed by atoms with Crippen LogP contribution in [0.15, 0.2) is 18.2 Å². The molecule has 0 saturated heterocycles. The first-order chi connectivity index (χ1) is 8.61. The van der Waals surface area contributed by atoms with Crippen molar-refractivity contribution in [1.82, 2.24) is 0 Å². The Kier molecular flexibility index (Phi) is 3.65. The molecule has 0 aromatic heterocycles. The quantitative estimate of drug-likeness (QED) is 0.870. The average molecular weight is 246 g/mol. The molecular weight excluding hydrogens is 228 g/mol. The molecule has 4 heteroatoms. The van der Waals surface area contributed by atoms with E-state index in [1.165, 1.54) is 5.56 Å². The fraction of sp³-hybridized carbons (Fsp3) is 0.429. The van der Waals surface area contributed by atoms with Crippen LogP contribution in [0.5, 0.6) is 0 Å². The SMILES string of the molecule is CCC(=O)Nc1ccc2c(c1)N(C(C)=O)CCC2. The van der Waals surface area contributed by atoms with Crippen LogP contribution in [0.3, 0.4) is 0 Å². The third-order valence-corrected chi connectivity index (χ3v) is 3.19. The number of nitrogens with one attached hydrogen (secondary N) is 1. The number of benzene rings is 1. The van der Waals surface area contributed by atoms with Crippen LogP contribution < -0.4 is 10.2 Å². The molecule has 1 aliphatic rings. The van der Waals surface area contributed by atoms with Gasteiger partial charge in [0, 0.05) is 31.3 Å². The number of fused-ring (bicyclic) bond motifs is 1. The van der Waals surface area contributed by atoms with E-state index in [1.807, 2.05) is 25.1 Å². The number of carbonyl (C=O) groups is 2. The molecule has 0 saturated carbocycles. The van der Waals surface area contributed by atoms with Gasteiger partial charge in [-0.3, -0.25) is 9.59 Å². The van der Waals surface area contributed by atoms with Gasteiger partial charge in [0.2, 0.25) is 11.8 Å². The van der Waals surface area contributed by atoms with Crippen LogP contribution in [0, 0.1) is 0 Å². The summed E-state index contributed by atoms with van der Waals surface area (Å²) >= 11 is 0. The molecule has 0 spiro atoms.